The number of rotatable bonds is 3. The number of amidine groups is 1. The highest BCUT2D eigenvalue weighted by molar-refractivity contribution is 8.13. The van der Waals surface area contributed by atoms with Crippen molar-refractivity contribution in [3.8, 4) is 0 Å². The van der Waals surface area contributed by atoms with Gasteiger partial charge in [-0.3, -0.25) is 9.79 Å². The molecule has 2 heterocycles. The number of amides is 1. The van der Waals surface area contributed by atoms with Crippen LogP contribution in [0.4, 0.5) is 10.1 Å². The van der Waals surface area contributed by atoms with Crippen LogP contribution in [0.15, 0.2) is 41.5 Å². The van der Waals surface area contributed by atoms with Crippen LogP contribution in [0.25, 0.3) is 0 Å². The molecule has 3 N–H and O–H groups in total. The molecule has 1 aliphatic carbocycles. The number of aliphatic imine (C=N–C) groups is 1. The van der Waals surface area contributed by atoms with Gasteiger partial charge >= 0.3 is 0 Å². The first-order chi connectivity index (χ1) is 13.0. The number of thioether (sulfide) groups is 1. The number of aromatic nitrogens is 1. The van der Waals surface area contributed by atoms with Crippen LogP contribution in [0.5, 0.6) is 0 Å². The Kier molecular flexibility index (Phi) is 4.82. The molecule has 1 saturated carbocycles. The van der Waals surface area contributed by atoms with E-state index >= 15 is 0 Å². The van der Waals surface area contributed by atoms with Gasteiger partial charge in [-0.1, -0.05) is 29.8 Å². The van der Waals surface area contributed by atoms with Crippen molar-refractivity contribution >= 4 is 40.1 Å². The van der Waals surface area contributed by atoms with Crippen molar-refractivity contribution in [1.29, 1.82) is 0 Å². The quantitative estimate of drug-likeness (QED) is 0.804. The summed E-state index contributed by atoms with van der Waals surface area (Å²) >= 11 is 7.55. The molecule has 2 unspecified atom stereocenters. The van der Waals surface area contributed by atoms with Gasteiger partial charge in [0.1, 0.15) is 11.5 Å². The van der Waals surface area contributed by atoms with E-state index < -0.39 is 11.4 Å². The summed E-state index contributed by atoms with van der Waals surface area (Å²) in [6.07, 6.45) is 4.21. The van der Waals surface area contributed by atoms with E-state index in [9.17, 15) is 9.18 Å². The number of nitrogens with two attached hydrogens (primary N) is 1. The first-order valence-electron chi connectivity index (χ1n) is 8.69. The number of nitrogens with one attached hydrogen (secondary N) is 1. The Morgan fingerprint density at radius 1 is 1.41 bits per heavy atom. The lowest BCUT2D eigenvalue weighted by Crippen LogP contribution is -2.37. The van der Waals surface area contributed by atoms with Crippen molar-refractivity contribution in [1.82, 2.24) is 4.98 Å². The maximum absolute atomic E-state index is 14.8. The van der Waals surface area contributed by atoms with Gasteiger partial charge in [-0.25, -0.2) is 9.37 Å². The second-order valence-corrected chi connectivity index (χ2v) is 8.20. The van der Waals surface area contributed by atoms with E-state index in [1.807, 2.05) is 0 Å². The Morgan fingerprint density at radius 2 is 2.26 bits per heavy atom. The lowest BCUT2D eigenvalue weighted by molar-refractivity contribution is 0.102. The first kappa shape index (κ1) is 18.3. The van der Waals surface area contributed by atoms with Crippen molar-refractivity contribution in [3.63, 3.8) is 0 Å². The van der Waals surface area contributed by atoms with Crippen molar-refractivity contribution in [3.05, 3.63) is 58.6 Å². The normalized spacial score (nSPS) is 24.2. The van der Waals surface area contributed by atoms with Gasteiger partial charge in [0.05, 0.1) is 10.6 Å². The third kappa shape index (κ3) is 3.30. The number of anilines is 1. The second-order valence-electron chi connectivity index (χ2n) is 6.76. The molecule has 5 nitrogen and oxygen atoms in total. The van der Waals surface area contributed by atoms with E-state index in [4.69, 9.17) is 17.3 Å². The van der Waals surface area contributed by atoms with Crippen LogP contribution in [0.3, 0.4) is 0 Å². The number of carbonyl (C=O) groups excluding carboxylic acids is 1. The summed E-state index contributed by atoms with van der Waals surface area (Å²) in [7, 11) is 0. The topological polar surface area (TPSA) is 80.4 Å². The standard InChI is InChI=1S/C19H18ClFN4OS/c20-14-4-2-8-23-16(14)17(26)24-12-5-6-15(21)13(9-12)19-7-1-3-11(19)10-27-18(22)25-19/h2,4-6,8-9,11H,1,3,7,10H2,(H2,22,25)(H,24,26). The molecular formula is C19H18ClFN4OS. The van der Waals surface area contributed by atoms with Gasteiger partial charge in [-0.05, 0) is 49.1 Å². The van der Waals surface area contributed by atoms with Gasteiger partial charge < -0.3 is 11.1 Å². The zero-order valence-electron chi connectivity index (χ0n) is 14.4. The zero-order valence-corrected chi connectivity index (χ0v) is 16.0. The number of halogens is 2. The second kappa shape index (κ2) is 7.13. The summed E-state index contributed by atoms with van der Waals surface area (Å²) < 4.78 is 14.8. The molecule has 1 amide bonds. The third-order valence-electron chi connectivity index (χ3n) is 5.19. The Balaban J connectivity index is 1.69. The fourth-order valence-corrected chi connectivity index (χ4v) is 5.19. The van der Waals surface area contributed by atoms with E-state index in [1.54, 1.807) is 18.2 Å². The molecule has 0 bridgehead atoms. The minimum atomic E-state index is -0.650. The summed E-state index contributed by atoms with van der Waals surface area (Å²) in [5.74, 6) is 0.287. The van der Waals surface area contributed by atoms with E-state index in [0.717, 1.165) is 25.0 Å². The Morgan fingerprint density at radius 3 is 3.07 bits per heavy atom. The number of hydrogen-bond donors (Lipinski definition) is 2. The van der Waals surface area contributed by atoms with Crippen LogP contribution in [-0.2, 0) is 5.54 Å². The van der Waals surface area contributed by atoms with Crippen LogP contribution in [-0.4, -0.2) is 21.8 Å². The smallest absolute Gasteiger partial charge is 0.275 e. The SMILES string of the molecule is NC1=NC2(c3cc(NC(=O)c4ncccc4Cl)ccc3F)CCCC2CS1. The van der Waals surface area contributed by atoms with Crippen LogP contribution < -0.4 is 11.1 Å². The monoisotopic (exact) mass is 404 g/mol. The molecule has 27 heavy (non-hydrogen) atoms. The molecule has 2 atom stereocenters. The van der Waals surface area contributed by atoms with E-state index in [2.05, 4.69) is 15.3 Å². The molecule has 0 radical (unpaired) electrons. The Bertz CT molecular complexity index is 938. The molecule has 0 saturated heterocycles. The van der Waals surface area contributed by atoms with Gasteiger partial charge in [-0.15, -0.1) is 0 Å². The lowest BCUT2D eigenvalue weighted by atomic mass is 9.81. The van der Waals surface area contributed by atoms with E-state index in [0.29, 0.717) is 16.4 Å². The highest BCUT2D eigenvalue weighted by Crippen LogP contribution is 2.51. The van der Waals surface area contributed by atoms with Gasteiger partial charge in [0.25, 0.3) is 5.91 Å². The third-order valence-corrected chi connectivity index (χ3v) is 6.45. The molecule has 2 aliphatic rings. The first-order valence-corrected chi connectivity index (χ1v) is 10.1. The molecule has 8 heteroatoms. The summed E-state index contributed by atoms with van der Waals surface area (Å²) in [6.45, 7) is 0. The zero-order chi connectivity index (χ0) is 19.0. The molecule has 140 valence electrons. The number of hydrogen-bond acceptors (Lipinski definition) is 5. The minimum absolute atomic E-state index is 0.123. The molecular weight excluding hydrogens is 387 g/mol. The molecule has 0 spiro atoms. The number of benzene rings is 1. The predicted molar refractivity (Wildman–Crippen MR) is 107 cm³/mol. The Hall–Kier alpha value is -2.12. The maximum atomic E-state index is 14.8. The molecule has 1 aliphatic heterocycles. The lowest BCUT2D eigenvalue weighted by Gasteiger charge is -2.36. The van der Waals surface area contributed by atoms with Crippen LogP contribution in [0.2, 0.25) is 5.02 Å². The summed E-state index contributed by atoms with van der Waals surface area (Å²) in [6, 6.07) is 7.80. The van der Waals surface area contributed by atoms with Gasteiger partial charge in [0, 0.05) is 23.2 Å². The van der Waals surface area contributed by atoms with Crippen LogP contribution >= 0.6 is 23.4 Å². The van der Waals surface area contributed by atoms with Gasteiger partial charge in [-0.2, -0.15) is 0 Å². The van der Waals surface area contributed by atoms with Crippen LogP contribution in [0, 0.1) is 11.7 Å². The maximum Gasteiger partial charge on any atom is 0.275 e. The molecule has 1 fully saturated rings. The number of nitrogens with zero attached hydrogens (tertiary/aromatic N) is 2. The predicted octanol–water partition coefficient (Wildman–Crippen LogP) is 4.18. The highest BCUT2D eigenvalue weighted by atomic mass is 35.5. The van der Waals surface area contributed by atoms with Crippen molar-refractivity contribution in [2.24, 2.45) is 16.6 Å². The number of carbonyl (C=O) groups is 1. The number of fused-ring (bicyclic) bond motifs is 1. The van der Waals surface area contributed by atoms with Crippen molar-refractivity contribution < 1.29 is 9.18 Å². The van der Waals surface area contributed by atoms with Gasteiger partial charge in [0.2, 0.25) is 0 Å². The van der Waals surface area contributed by atoms with E-state index in [1.165, 1.54) is 30.1 Å². The summed E-state index contributed by atoms with van der Waals surface area (Å²) in [5, 5.41) is 3.50. The average Bonchev–Trinajstić information content (AvgIpc) is 3.07. The Labute approximate surface area is 165 Å². The summed E-state index contributed by atoms with van der Waals surface area (Å²) in [4.78, 5) is 21.2. The van der Waals surface area contributed by atoms with Crippen molar-refractivity contribution in [2.45, 2.75) is 24.8 Å². The average molecular weight is 405 g/mol. The fraction of sp³-hybridized carbons (Fsp3) is 0.316. The molecule has 4 rings (SSSR count). The largest absolute Gasteiger partial charge is 0.379 e. The summed E-state index contributed by atoms with van der Waals surface area (Å²) in [5.41, 5.74) is 6.41. The molecule has 1 aromatic carbocycles. The van der Waals surface area contributed by atoms with Gasteiger partial charge in [0.15, 0.2) is 5.17 Å². The van der Waals surface area contributed by atoms with Crippen molar-refractivity contribution in [2.75, 3.05) is 11.1 Å². The minimum Gasteiger partial charge on any atom is -0.379 e. The molecule has 1 aromatic heterocycles. The number of pyridine rings is 1. The van der Waals surface area contributed by atoms with Crippen LogP contribution in [0.1, 0.15) is 35.3 Å². The molecule has 2 aromatic rings. The highest BCUT2D eigenvalue weighted by Gasteiger charge is 2.48. The fourth-order valence-electron chi connectivity index (χ4n) is 3.94. The van der Waals surface area contributed by atoms with E-state index in [-0.39, 0.29) is 22.5 Å².